The number of hydrogen-bond donors (Lipinski definition) is 1. The summed E-state index contributed by atoms with van der Waals surface area (Å²) in [6.45, 7) is 4.31. The third-order valence-electron chi connectivity index (χ3n) is 6.36. The number of nitrogens with zero attached hydrogens (tertiary/aromatic N) is 4. The van der Waals surface area contributed by atoms with E-state index in [2.05, 4.69) is 4.72 Å². The topological polar surface area (TPSA) is 119 Å². The number of para-hydroxylation sites is 1. The molecular weight excluding hydrogens is 458 g/mol. The Labute approximate surface area is 197 Å². The average Bonchev–Trinajstić information content (AvgIpc) is 3.02. The fourth-order valence-electron chi connectivity index (χ4n) is 4.39. The van der Waals surface area contributed by atoms with E-state index in [1.165, 1.54) is 16.8 Å². The summed E-state index contributed by atoms with van der Waals surface area (Å²) in [6.07, 6.45) is 2.89. The molecule has 1 saturated heterocycles. The Morgan fingerprint density at radius 1 is 1.12 bits per heavy atom. The summed E-state index contributed by atoms with van der Waals surface area (Å²) >= 11 is 0. The third-order valence-corrected chi connectivity index (χ3v) is 7.70. The van der Waals surface area contributed by atoms with Gasteiger partial charge in [0.15, 0.2) is 0 Å². The first-order chi connectivity index (χ1) is 16.1. The average molecular weight is 486 g/mol. The van der Waals surface area contributed by atoms with Gasteiger partial charge in [-0.1, -0.05) is 18.2 Å². The van der Waals surface area contributed by atoms with E-state index >= 15 is 0 Å². The largest absolute Gasteiger partial charge is 0.363 e. The summed E-state index contributed by atoms with van der Waals surface area (Å²) in [5.41, 5.74) is 0.470. The van der Waals surface area contributed by atoms with Crippen LogP contribution in [0.15, 0.2) is 58.2 Å². The maximum atomic E-state index is 13.2. The van der Waals surface area contributed by atoms with Crippen molar-refractivity contribution in [1.29, 1.82) is 0 Å². The third kappa shape index (κ3) is 4.18. The molecule has 3 aromatic rings. The van der Waals surface area contributed by atoms with Gasteiger partial charge in [-0.15, -0.1) is 0 Å². The van der Waals surface area contributed by atoms with Crippen molar-refractivity contribution < 1.29 is 13.3 Å². The number of benzene rings is 2. The number of nitrogens with one attached hydrogen (secondary N) is 1. The van der Waals surface area contributed by atoms with E-state index in [0.29, 0.717) is 23.6 Å². The highest BCUT2D eigenvalue weighted by Crippen LogP contribution is 2.35. The minimum absolute atomic E-state index is 0.109. The van der Waals surface area contributed by atoms with Crippen molar-refractivity contribution in [3.8, 4) is 5.69 Å². The minimum atomic E-state index is -4.26. The highest BCUT2D eigenvalue weighted by atomic mass is 32.2. The molecule has 1 aromatic heterocycles. The lowest BCUT2D eigenvalue weighted by molar-refractivity contribution is -0.384. The fraction of sp³-hybridized carbons (Fsp3) is 0.348. The molecule has 1 aliphatic rings. The van der Waals surface area contributed by atoms with Crippen LogP contribution < -0.4 is 15.2 Å². The Hall–Kier alpha value is -3.60. The number of nitro groups is 1. The second-order valence-electron chi connectivity index (χ2n) is 8.49. The number of anilines is 2. The van der Waals surface area contributed by atoms with Gasteiger partial charge < -0.3 is 4.90 Å². The highest BCUT2D eigenvalue weighted by Gasteiger charge is 2.29. The maximum absolute atomic E-state index is 13.2. The molecule has 11 heteroatoms. The molecule has 0 bridgehead atoms. The Balaban J connectivity index is 1.73. The predicted molar refractivity (Wildman–Crippen MR) is 130 cm³/mol. The van der Waals surface area contributed by atoms with Gasteiger partial charge in [0.25, 0.3) is 21.3 Å². The lowest BCUT2D eigenvalue weighted by Crippen LogP contribution is -2.37. The van der Waals surface area contributed by atoms with Gasteiger partial charge in [-0.25, -0.2) is 13.1 Å². The first-order valence-electron chi connectivity index (χ1n) is 11.0. The molecule has 1 N–H and O–H groups in total. The lowest BCUT2D eigenvalue weighted by Gasteiger charge is -2.35. The van der Waals surface area contributed by atoms with Crippen molar-refractivity contribution in [3.05, 3.63) is 74.7 Å². The van der Waals surface area contributed by atoms with E-state index in [0.717, 1.165) is 25.3 Å². The van der Waals surface area contributed by atoms with Crippen LogP contribution in [-0.4, -0.2) is 35.3 Å². The maximum Gasteiger partial charge on any atom is 0.296 e. The first kappa shape index (κ1) is 23.6. The molecule has 1 atom stereocenters. The van der Waals surface area contributed by atoms with Crippen molar-refractivity contribution >= 4 is 27.1 Å². The van der Waals surface area contributed by atoms with Gasteiger partial charge >= 0.3 is 0 Å². The summed E-state index contributed by atoms with van der Waals surface area (Å²) in [5, 5.41) is 11.8. The summed E-state index contributed by atoms with van der Waals surface area (Å²) in [7, 11) is -2.61. The fourth-order valence-corrected chi connectivity index (χ4v) is 5.53. The second-order valence-corrected chi connectivity index (χ2v) is 10.2. The molecule has 2 aromatic carbocycles. The van der Waals surface area contributed by atoms with Crippen LogP contribution >= 0.6 is 0 Å². The number of rotatable bonds is 6. The highest BCUT2D eigenvalue weighted by molar-refractivity contribution is 7.92. The molecule has 0 spiro atoms. The molecule has 2 heterocycles. The van der Waals surface area contributed by atoms with E-state index in [4.69, 9.17) is 0 Å². The Morgan fingerprint density at radius 3 is 2.47 bits per heavy atom. The normalized spacial score (nSPS) is 16.4. The second kappa shape index (κ2) is 8.98. The van der Waals surface area contributed by atoms with Crippen molar-refractivity contribution in [2.24, 2.45) is 7.05 Å². The number of hydrogen-bond acceptors (Lipinski definition) is 6. The van der Waals surface area contributed by atoms with Crippen molar-refractivity contribution in [1.82, 2.24) is 9.36 Å². The van der Waals surface area contributed by atoms with Crippen LogP contribution in [0.25, 0.3) is 5.69 Å². The van der Waals surface area contributed by atoms with Crippen molar-refractivity contribution in [2.45, 2.75) is 44.0 Å². The molecule has 0 saturated carbocycles. The number of aromatic nitrogens is 2. The Morgan fingerprint density at radius 2 is 1.82 bits per heavy atom. The lowest BCUT2D eigenvalue weighted by atomic mass is 10.0. The molecule has 0 radical (unpaired) electrons. The Kier molecular flexibility index (Phi) is 6.22. The number of nitro benzene ring substituents is 1. The van der Waals surface area contributed by atoms with Gasteiger partial charge in [-0.05, 0) is 57.4 Å². The quantitative estimate of drug-likeness (QED) is 0.421. The van der Waals surface area contributed by atoms with E-state index in [-0.39, 0.29) is 22.3 Å². The number of sulfonamides is 1. The zero-order valence-electron chi connectivity index (χ0n) is 19.3. The minimum Gasteiger partial charge on any atom is -0.363 e. The van der Waals surface area contributed by atoms with Crippen molar-refractivity contribution in [2.75, 3.05) is 16.2 Å². The van der Waals surface area contributed by atoms with Crippen LogP contribution in [0, 0.1) is 17.0 Å². The van der Waals surface area contributed by atoms with Crippen LogP contribution in [0.3, 0.4) is 0 Å². The van der Waals surface area contributed by atoms with Gasteiger partial charge in [-0.3, -0.25) is 24.3 Å². The zero-order valence-corrected chi connectivity index (χ0v) is 20.1. The van der Waals surface area contributed by atoms with Gasteiger partial charge in [-0.2, -0.15) is 0 Å². The first-order valence-corrected chi connectivity index (χ1v) is 12.5. The molecule has 0 aliphatic carbocycles. The van der Waals surface area contributed by atoms with Gasteiger partial charge in [0.1, 0.15) is 11.4 Å². The van der Waals surface area contributed by atoms with E-state index in [1.807, 2.05) is 17.9 Å². The van der Waals surface area contributed by atoms with E-state index in [9.17, 15) is 23.3 Å². The van der Waals surface area contributed by atoms with Crippen LogP contribution in [0.4, 0.5) is 17.1 Å². The smallest absolute Gasteiger partial charge is 0.296 e. The molecule has 0 unspecified atom stereocenters. The molecular formula is C23H27N5O5S. The summed E-state index contributed by atoms with van der Waals surface area (Å²) in [6, 6.07) is 12.9. The molecule has 4 rings (SSSR count). The van der Waals surface area contributed by atoms with Gasteiger partial charge in [0, 0.05) is 25.7 Å². The van der Waals surface area contributed by atoms with Crippen molar-refractivity contribution in [3.63, 3.8) is 0 Å². The van der Waals surface area contributed by atoms with Gasteiger partial charge in [0.2, 0.25) is 0 Å². The predicted octanol–water partition coefficient (Wildman–Crippen LogP) is 3.57. The van der Waals surface area contributed by atoms with Crippen LogP contribution in [-0.2, 0) is 17.1 Å². The molecule has 1 aliphatic heterocycles. The molecule has 34 heavy (non-hydrogen) atoms. The summed E-state index contributed by atoms with van der Waals surface area (Å²) in [5.74, 6) is 0. The molecule has 10 nitrogen and oxygen atoms in total. The Bertz CT molecular complexity index is 1400. The number of piperidine rings is 1. The molecule has 0 amide bonds. The van der Waals surface area contributed by atoms with Crippen LogP contribution in [0.2, 0.25) is 0 Å². The SMILES string of the molecule is Cc1c(NS(=O)(=O)c2ccc(N3CCCC[C@H]3C)c([N+](=O)[O-])c2)c(=O)n(-c2ccccc2)n1C. The monoisotopic (exact) mass is 485 g/mol. The molecule has 180 valence electrons. The summed E-state index contributed by atoms with van der Waals surface area (Å²) < 4.78 is 31.6. The van der Waals surface area contributed by atoms with E-state index < -0.39 is 20.5 Å². The summed E-state index contributed by atoms with van der Waals surface area (Å²) in [4.78, 5) is 26.0. The van der Waals surface area contributed by atoms with Crippen LogP contribution in [0.5, 0.6) is 0 Å². The standard InChI is InChI=1S/C23H27N5O5S/c1-16-9-7-8-14-26(16)20-13-12-19(15-21(20)28(30)31)34(32,33)24-22-17(2)25(3)27(23(22)29)18-10-5-4-6-11-18/h4-6,10-13,15-16,24H,7-9,14H2,1-3H3/t16-/m1/s1. The van der Waals surface area contributed by atoms with Gasteiger partial charge in [0.05, 0.1) is 21.2 Å². The van der Waals surface area contributed by atoms with E-state index in [1.54, 1.807) is 42.9 Å². The molecule has 1 fully saturated rings. The van der Waals surface area contributed by atoms with Crippen LogP contribution in [0.1, 0.15) is 31.9 Å². The zero-order chi connectivity index (χ0) is 24.6.